The molecule has 0 fully saturated rings. The maximum atomic E-state index is 13.6. The molecule has 0 aliphatic carbocycles. The Labute approximate surface area is 118 Å². The summed E-state index contributed by atoms with van der Waals surface area (Å²) in [5.74, 6) is -1.97. The summed E-state index contributed by atoms with van der Waals surface area (Å²) in [5, 5.41) is 8.91. The highest BCUT2D eigenvalue weighted by Crippen LogP contribution is 2.30. The Morgan fingerprint density at radius 3 is 2.35 bits per heavy atom. The highest BCUT2D eigenvalue weighted by molar-refractivity contribution is 7.98. The number of nitrogens with two attached hydrogens (primary N) is 1. The van der Waals surface area contributed by atoms with Gasteiger partial charge in [0.25, 0.3) is 0 Å². The Hall–Kier alpha value is -2.13. The van der Waals surface area contributed by atoms with Gasteiger partial charge in [0, 0.05) is 11.4 Å². The van der Waals surface area contributed by atoms with Gasteiger partial charge in [0.05, 0.1) is 16.5 Å². The first-order valence-corrected chi connectivity index (χ1v) is 6.55. The molecular weight excluding hydrogens is 285 g/mol. The summed E-state index contributed by atoms with van der Waals surface area (Å²) < 4.78 is 40.3. The van der Waals surface area contributed by atoms with Crippen molar-refractivity contribution in [1.29, 1.82) is 5.26 Å². The van der Waals surface area contributed by atoms with Crippen molar-refractivity contribution in [3.05, 3.63) is 58.9 Å². The highest BCUT2D eigenvalue weighted by Gasteiger charge is 2.12. The fraction of sp³-hybridized carbons (Fsp3) is 0.0714. The Morgan fingerprint density at radius 2 is 1.75 bits per heavy atom. The standard InChI is InChI=1S/C14H9F3N2S/c15-10-2-1-8(6-18)9(3-10)7-20-14-12(16)4-11(19)5-13(14)17/h1-5H,7,19H2. The second-order valence-electron chi connectivity index (χ2n) is 4.02. The largest absolute Gasteiger partial charge is 0.399 e. The van der Waals surface area contributed by atoms with E-state index in [-0.39, 0.29) is 21.9 Å². The summed E-state index contributed by atoms with van der Waals surface area (Å²) in [5.41, 5.74) is 5.97. The lowest BCUT2D eigenvalue weighted by atomic mass is 10.1. The van der Waals surface area contributed by atoms with Crippen molar-refractivity contribution >= 4 is 17.4 Å². The predicted octanol–water partition coefficient (Wildman–Crippen LogP) is 3.85. The van der Waals surface area contributed by atoms with Gasteiger partial charge in [0.2, 0.25) is 0 Å². The van der Waals surface area contributed by atoms with Gasteiger partial charge in [0.15, 0.2) is 0 Å². The Morgan fingerprint density at radius 1 is 1.10 bits per heavy atom. The fourth-order valence-corrected chi connectivity index (χ4v) is 2.59. The molecule has 2 nitrogen and oxygen atoms in total. The molecule has 0 bridgehead atoms. The molecule has 0 aliphatic heterocycles. The van der Waals surface area contributed by atoms with Crippen LogP contribution in [0.2, 0.25) is 0 Å². The van der Waals surface area contributed by atoms with E-state index >= 15 is 0 Å². The van der Waals surface area contributed by atoms with Gasteiger partial charge in [-0.05, 0) is 35.9 Å². The van der Waals surface area contributed by atoms with Crippen molar-refractivity contribution in [2.24, 2.45) is 0 Å². The van der Waals surface area contributed by atoms with Gasteiger partial charge in [-0.2, -0.15) is 5.26 Å². The molecule has 2 rings (SSSR count). The summed E-state index contributed by atoms with van der Waals surface area (Å²) in [7, 11) is 0. The zero-order chi connectivity index (χ0) is 14.7. The Bertz CT molecular complexity index is 672. The average molecular weight is 294 g/mol. The third kappa shape index (κ3) is 3.06. The van der Waals surface area contributed by atoms with E-state index in [2.05, 4.69) is 0 Å². The summed E-state index contributed by atoms with van der Waals surface area (Å²) >= 11 is 0.850. The van der Waals surface area contributed by atoms with Crippen LogP contribution in [-0.2, 0) is 5.75 Å². The van der Waals surface area contributed by atoms with Gasteiger partial charge >= 0.3 is 0 Å². The molecule has 2 N–H and O–H groups in total. The lowest BCUT2D eigenvalue weighted by Crippen LogP contribution is -1.95. The molecule has 0 saturated heterocycles. The quantitative estimate of drug-likeness (QED) is 0.691. The molecule has 0 aliphatic rings. The molecule has 2 aromatic carbocycles. The predicted molar refractivity (Wildman–Crippen MR) is 71.4 cm³/mol. The molecule has 0 saturated carbocycles. The van der Waals surface area contributed by atoms with Crippen molar-refractivity contribution < 1.29 is 13.2 Å². The number of hydrogen-bond acceptors (Lipinski definition) is 3. The molecule has 2 aromatic rings. The average Bonchev–Trinajstić information content (AvgIpc) is 2.37. The molecule has 0 unspecified atom stereocenters. The third-order valence-corrected chi connectivity index (χ3v) is 3.71. The monoisotopic (exact) mass is 294 g/mol. The number of thioether (sulfide) groups is 1. The molecule has 0 heterocycles. The van der Waals surface area contributed by atoms with Crippen LogP contribution in [0.3, 0.4) is 0 Å². The van der Waals surface area contributed by atoms with E-state index in [1.54, 1.807) is 0 Å². The van der Waals surface area contributed by atoms with Crippen molar-refractivity contribution in [2.45, 2.75) is 10.6 Å². The van der Waals surface area contributed by atoms with E-state index in [0.29, 0.717) is 5.56 Å². The molecular formula is C14H9F3N2S. The summed E-state index contributed by atoms with van der Waals surface area (Å²) in [4.78, 5) is -0.202. The molecule has 20 heavy (non-hydrogen) atoms. The fourth-order valence-electron chi connectivity index (χ4n) is 1.66. The van der Waals surface area contributed by atoms with Gasteiger partial charge in [0.1, 0.15) is 17.5 Å². The van der Waals surface area contributed by atoms with Crippen LogP contribution in [0.15, 0.2) is 35.2 Å². The summed E-state index contributed by atoms with van der Waals surface area (Å²) in [6.45, 7) is 0. The number of halogens is 3. The van der Waals surface area contributed by atoms with Crippen molar-refractivity contribution in [1.82, 2.24) is 0 Å². The minimum Gasteiger partial charge on any atom is -0.399 e. The number of nitrogen functional groups attached to an aromatic ring is 1. The van der Waals surface area contributed by atoms with Crippen molar-refractivity contribution in [2.75, 3.05) is 5.73 Å². The molecule has 0 atom stereocenters. The first-order valence-electron chi connectivity index (χ1n) is 5.57. The van der Waals surface area contributed by atoms with Gasteiger partial charge in [-0.3, -0.25) is 0 Å². The molecule has 0 spiro atoms. The van der Waals surface area contributed by atoms with Gasteiger partial charge in [-0.1, -0.05) is 0 Å². The summed E-state index contributed by atoms with van der Waals surface area (Å²) in [6, 6.07) is 7.62. The molecule has 0 radical (unpaired) electrons. The number of nitriles is 1. The second-order valence-corrected chi connectivity index (χ2v) is 5.00. The van der Waals surface area contributed by atoms with Crippen LogP contribution in [-0.4, -0.2) is 0 Å². The zero-order valence-corrected chi connectivity index (χ0v) is 11.0. The maximum Gasteiger partial charge on any atom is 0.141 e. The number of rotatable bonds is 3. The van der Waals surface area contributed by atoms with Gasteiger partial charge in [-0.15, -0.1) is 11.8 Å². The van der Waals surface area contributed by atoms with Crippen molar-refractivity contribution in [3.8, 4) is 6.07 Å². The van der Waals surface area contributed by atoms with Gasteiger partial charge in [-0.25, -0.2) is 13.2 Å². The molecule has 0 aromatic heterocycles. The van der Waals surface area contributed by atoms with E-state index in [1.807, 2.05) is 6.07 Å². The number of hydrogen-bond donors (Lipinski definition) is 1. The minimum absolute atomic E-state index is 0.00665. The van der Waals surface area contributed by atoms with Crippen LogP contribution < -0.4 is 5.73 Å². The van der Waals surface area contributed by atoms with Crippen LogP contribution in [0.4, 0.5) is 18.9 Å². The van der Waals surface area contributed by atoms with E-state index in [1.165, 1.54) is 12.1 Å². The van der Waals surface area contributed by atoms with E-state index in [0.717, 1.165) is 30.0 Å². The van der Waals surface area contributed by atoms with Crippen LogP contribution in [0, 0.1) is 28.8 Å². The van der Waals surface area contributed by atoms with E-state index in [9.17, 15) is 13.2 Å². The lowest BCUT2D eigenvalue weighted by Gasteiger charge is -2.07. The zero-order valence-electron chi connectivity index (χ0n) is 10.2. The lowest BCUT2D eigenvalue weighted by molar-refractivity contribution is 0.542. The van der Waals surface area contributed by atoms with Crippen LogP contribution in [0.25, 0.3) is 0 Å². The molecule has 0 amide bonds. The molecule has 6 heteroatoms. The normalized spacial score (nSPS) is 10.3. The van der Waals surface area contributed by atoms with E-state index in [4.69, 9.17) is 11.0 Å². The number of anilines is 1. The number of benzene rings is 2. The first-order chi connectivity index (χ1) is 9.51. The summed E-state index contributed by atoms with van der Waals surface area (Å²) in [6.07, 6.45) is 0. The maximum absolute atomic E-state index is 13.6. The first kappa shape index (κ1) is 14.3. The second kappa shape index (κ2) is 5.88. The highest BCUT2D eigenvalue weighted by atomic mass is 32.2. The molecule has 102 valence electrons. The van der Waals surface area contributed by atoms with Crippen LogP contribution >= 0.6 is 11.8 Å². The Kier molecular flexibility index (Phi) is 4.20. The van der Waals surface area contributed by atoms with E-state index < -0.39 is 17.5 Å². The van der Waals surface area contributed by atoms with Crippen LogP contribution in [0.1, 0.15) is 11.1 Å². The van der Waals surface area contributed by atoms with Crippen molar-refractivity contribution in [3.63, 3.8) is 0 Å². The Balaban J connectivity index is 2.26. The minimum atomic E-state index is -0.776. The smallest absolute Gasteiger partial charge is 0.141 e. The number of nitrogens with zero attached hydrogens (tertiary/aromatic N) is 1. The SMILES string of the molecule is N#Cc1ccc(F)cc1CSc1c(F)cc(N)cc1F. The topological polar surface area (TPSA) is 49.8 Å². The van der Waals surface area contributed by atoms with Crippen LogP contribution in [0.5, 0.6) is 0 Å². The van der Waals surface area contributed by atoms with Gasteiger partial charge < -0.3 is 5.73 Å². The third-order valence-electron chi connectivity index (χ3n) is 2.58.